The van der Waals surface area contributed by atoms with Crippen molar-refractivity contribution < 1.29 is 9.90 Å². The van der Waals surface area contributed by atoms with Crippen LogP contribution in [0.2, 0.25) is 0 Å². The van der Waals surface area contributed by atoms with E-state index < -0.39 is 11.2 Å². The first-order valence-corrected chi connectivity index (χ1v) is 5.02. The van der Waals surface area contributed by atoms with Gasteiger partial charge < -0.3 is 9.90 Å². The van der Waals surface area contributed by atoms with Crippen LogP contribution in [0, 0.1) is 6.92 Å². The van der Waals surface area contributed by atoms with Gasteiger partial charge in [0.25, 0.3) is 0 Å². The maximum atomic E-state index is 10.6. The van der Waals surface area contributed by atoms with Crippen LogP contribution in [0.1, 0.15) is 11.1 Å². The van der Waals surface area contributed by atoms with E-state index in [-0.39, 0.29) is 0 Å². The highest BCUT2D eigenvalue weighted by Crippen LogP contribution is 2.36. The van der Waals surface area contributed by atoms with Gasteiger partial charge in [0.15, 0.2) is 0 Å². The Morgan fingerprint density at radius 3 is 3.08 bits per heavy atom. The number of carbonyl (C=O) groups is 1. The number of carboxylic acid groups (broad SMARTS) is 1. The average molecular weight is 193 g/mol. The number of benzene rings is 1. The fourth-order valence-corrected chi connectivity index (χ4v) is 2.61. The third-order valence-corrected chi connectivity index (χ3v) is 3.45. The molecule has 68 valence electrons. The molecule has 0 aromatic heterocycles. The zero-order valence-electron chi connectivity index (χ0n) is 7.24. The highest BCUT2D eigenvalue weighted by atomic mass is 32.2. The summed E-state index contributed by atoms with van der Waals surface area (Å²) in [5.41, 5.74) is 2.32. The second-order valence-electron chi connectivity index (χ2n) is 3.24. The Balaban J connectivity index is 2.30. The molecule has 0 saturated carbocycles. The lowest BCUT2D eigenvalue weighted by Crippen LogP contribution is -2.33. The SMILES string of the molecule is Cc1ccc2c(c1)CC(C(=O)[O-])S2. The summed E-state index contributed by atoms with van der Waals surface area (Å²) >= 11 is 1.39. The van der Waals surface area contributed by atoms with Crippen molar-refractivity contribution in [2.45, 2.75) is 23.5 Å². The normalized spacial score (nSPS) is 19.9. The summed E-state index contributed by atoms with van der Waals surface area (Å²) in [5, 5.41) is 10.2. The van der Waals surface area contributed by atoms with E-state index >= 15 is 0 Å². The molecule has 1 unspecified atom stereocenters. The van der Waals surface area contributed by atoms with Crippen LogP contribution in [0.3, 0.4) is 0 Å². The number of hydrogen-bond acceptors (Lipinski definition) is 3. The Bertz CT molecular complexity index is 360. The summed E-state index contributed by atoms with van der Waals surface area (Å²) in [6.07, 6.45) is 0.601. The first-order chi connectivity index (χ1) is 6.16. The van der Waals surface area contributed by atoms with E-state index in [4.69, 9.17) is 0 Å². The number of aliphatic carboxylic acids is 1. The van der Waals surface area contributed by atoms with Gasteiger partial charge in [-0.1, -0.05) is 17.7 Å². The molecule has 1 atom stereocenters. The molecule has 0 spiro atoms. The monoisotopic (exact) mass is 193 g/mol. The number of aryl methyl sites for hydroxylation is 1. The number of hydrogen-bond donors (Lipinski definition) is 0. The minimum Gasteiger partial charge on any atom is -0.549 e. The van der Waals surface area contributed by atoms with Gasteiger partial charge in [-0.05, 0) is 25.0 Å². The van der Waals surface area contributed by atoms with Gasteiger partial charge in [-0.3, -0.25) is 0 Å². The molecule has 0 radical (unpaired) electrons. The molecule has 1 aromatic rings. The second-order valence-corrected chi connectivity index (χ2v) is 4.49. The van der Waals surface area contributed by atoms with Gasteiger partial charge in [-0.25, -0.2) is 0 Å². The van der Waals surface area contributed by atoms with Crippen LogP contribution in [-0.4, -0.2) is 11.2 Å². The third-order valence-electron chi connectivity index (χ3n) is 2.15. The molecular weight excluding hydrogens is 184 g/mol. The van der Waals surface area contributed by atoms with Gasteiger partial charge in [-0.15, -0.1) is 11.8 Å². The molecule has 0 fully saturated rings. The lowest BCUT2D eigenvalue weighted by molar-refractivity contribution is -0.304. The van der Waals surface area contributed by atoms with Gasteiger partial charge in [0, 0.05) is 4.90 Å². The molecule has 3 heteroatoms. The van der Waals surface area contributed by atoms with E-state index in [1.165, 1.54) is 17.3 Å². The minimum atomic E-state index is -0.959. The van der Waals surface area contributed by atoms with Crippen LogP contribution >= 0.6 is 11.8 Å². The zero-order valence-corrected chi connectivity index (χ0v) is 8.06. The van der Waals surface area contributed by atoms with Gasteiger partial charge in [0.05, 0.1) is 11.2 Å². The van der Waals surface area contributed by atoms with Crippen molar-refractivity contribution in [3.05, 3.63) is 29.3 Å². The van der Waals surface area contributed by atoms with Crippen LogP contribution in [-0.2, 0) is 11.2 Å². The molecule has 0 bridgehead atoms. The highest BCUT2D eigenvalue weighted by molar-refractivity contribution is 8.01. The molecule has 1 aliphatic heterocycles. The summed E-state index contributed by atoms with van der Waals surface area (Å²) in [4.78, 5) is 11.7. The minimum absolute atomic E-state index is 0.392. The molecule has 0 N–H and O–H groups in total. The van der Waals surface area contributed by atoms with Crippen molar-refractivity contribution in [3.8, 4) is 0 Å². The Morgan fingerprint density at radius 2 is 2.38 bits per heavy atom. The molecule has 1 heterocycles. The lowest BCUT2D eigenvalue weighted by Gasteiger charge is -2.07. The average Bonchev–Trinajstić information content (AvgIpc) is 2.46. The maximum absolute atomic E-state index is 10.6. The Labute approximate surface area is 81.0 Å². The van der Waals surface area contributed by atoms with Crippen molar-refractivity contribution in [2.24, 2.45) is 0 Å². The molecule has 0 aliphatic carbocycles. The second kappa shape index (κ2) is 3.07. The van der Waals surface area contributed by atoms with Crippen LogP contribution in [0.15, 0.2) is 23.1 Å². The molecule has 1 aromatic carbocycles. The number of carboxylic acids is 1. The molecule has 0 amide bonds. The van der Waals surface area contributed by atoms with E-state index in [1.54, 1.807) is 0 Å². The molecule has 2 nitrogen and oxygen atoms in total. The lowest BCUT2D eigenvalue weighted by atomic mass is 10.1. The summed E-state index contributed by atoms with van der Waals surface area (Å²) < 4.78 is 0. The van der Waals surface area contributed by atoms with Gasteiger partial charge in [0.1, 0.15) is 0 Å². The standard InChI is InChI=1S/C10H10O2S/c1-6-2-3-8-7(4-6)5-9(13-8)10(11)12/h2-4,9H,5H2,1H3,(H,11,12)/p-1. The largest absolute Gasteiger partial charge is 0.549 e. The summed E-state index contributed by atoms with van der Waals surface area (Å²) in [6.45, 7) is 2.01. The van der Waals surface area contributed by atoms with E-state index in [0.29, 0.717) is 6.42 Å². The topological polar surface area (TPSA) is 40.1 Å². The first-order valence-electron chi connectivity index (χ1n) is 4.14. The molecular formula is C10H9O2S-. The summed E-state index contributed by atoms with van der Waals surface area (Å²) in [7, 11) is 0. The smallest absolute Gasteiger partial charge is 0.0551 e. The molecule has 0 saturated heterocycles. The number of rotatable bonds is 1. The van der Waals surface area contributed by atoms with Crippen molar-refractivity contribution in [1.82, 2.24) is 0 Å². The quantitative estimate of drug-likeness (QED) is 0.661. The Kier molecular flexibility index (Phi) is 2.04. The number of thioether (sulfide) groups is 1. The van der Waals surface area contributed by atoms with E-state index in [2.05, 4.69) is 0 Å². The molecule has 1 aliphatic rings. The van der Waals surface area contributed by atoms with Gasteiger partial charge in [-0.2, -0.15) is 0 Å². The Morgan fingerprint density at radius 1 is 1.62 bits per heavy atom. The van der Waals surface area contributed by atoms with Crippen molar-refractivity contribution in [2.75, 3.05) is 0 Å². The van der Waals surface area contributed by atoms with E-state index in [9.17, 15) is 9.90 Å². The highest BCUT2D eigenvalue weighted by Gasteiger charge is 2.22. The van der Waals surface area contributed by atoms with E-state index in [0.717, 1.165) is 10.5 Å². The first kappa shape index (κ1) is 8.63. The summed E-state index contributed by atoms with van der Waals surface area (Å²) in [5.74, 6) is -0.959. The predicted octanol–water partition coefficient (Wildman–Crippen LogP) is 0.762. The van der Waals surface area contributed by atoms with Crippen molar-refractivity contribution in [3.63, 3.8) is 0 Å². The van der Waals surface area contributed by atoms with Gasteiger partial charge >= 0.3 is 0 Å². The molecule has 13 heavy (non-hydrogen) atoms. The molecule has 2 rings (SSSR count). The predicted molar refractivity (Wildman–Crippen MR) is 49.5 cm³/mol. The number of fused-ring (bicyclic) bond motifs is 1. The van der Waals surface area contributed by atoms with Crippen molar-refractivity contribution >= 4 is 17.7 Å². The Hall–Kier alpha value is -0.960. The van der Waals surface area contributed by atoms with Crippen LogP contribution < -0.4 is 5.11 Å². The fraction of sp³-hybridized carbons (Fsp3) is 0.300. The van der Waals surface area contributed by atoms with Crippen LogP contribution in [0.5, 0.6) is 0 Å². The van der Waals surface area contributed by atoms with Crippen LogP contribution in [0.4, 0.5) is 0 Å². The van der Waals surface area contributed by atoms with Crippen LogP contribution in [0.25, 0.3) is 0 Å². The maximum Gasteiger partial charge on any atom is 0.0551 e. The zero-order chi connectivity index (χ0) is 9.42. The fourth-order valence-electron chi connectivity index (χ4n) is 1.51. The van der Waals surface area contributed by atoms with E-state index in [1.807, 2.05) is 25.1 Å². The third kappa shape index (κ3) is 1.56. The summed E-state index contributed by atoms with van der Waals surface area (Å²) in [6, 6.07) is 6.03. The number of carbonyl (C=O) groups excluding carboxylic acids is 1. The van der Waals surface area contributed by atoms with Crippen molar-refractivity contribution in [1.29, 1.82) is 0 Å². The van der Waals surface area contributed by atoms with Gasteiger partial charge in [0.2, 0.25) is 0 Å².